The minimum Gasteiger partial charge on any atom is -0.352 e. The highest BCUT2D eigenvalue weighted by molar-refractivity contribution is 7.71. The maximum atomic E-state index is 11.3. The molecule has 1 aliphatic rings. The Hall–Kier alpha value is -1.95. The second kappa shape index (κ2) is 4.97. The molecule has 0 radical (unpaired) electrons. The molecule has 1 atom stereocenters. The number of hydrogen-bond donors (Lipinski definition) is 2. The van der Waals surface area contributed by atoms with Crippen LogP contribution >= 0.6 is 12.2 Å². The van der Waals surface area contributed by atoms with E-state index in [1.54, 1.807) is 0 Å². The zero-order chi connectivity index (χ0) is 13.2. The zero-order valence-corrected chi connectivity index (χ0v) is 11.1. The molecule has 0 aliphatic carbocycles. The molecule has 0 bridgehead atoms. The minimum atomic E-state index is 0.112. The molecule has 1 unspecified atom stereocenters. The maximum absolute atomic E-state index is 11.3. The number of benzene rings is 1. The van der Waals surface area contributed by atoms with E-state index >= 15 is 0 Å². The first-order chi connectivity index (χ1) is 9.24. The van der Waals surface area contributed by atoms with Gasteiger partial charge in [-0.1, -0.05) is 30.3 Å². The summed E-state index contributed by atoms with van der Waals surface area (Å²) in [5.74, 6) is 0.924. The first-order valence-corrected chi connectivity index (χ1v) is 6.65. The highest BCUT2D eigenvalue weighted by Crippen LogP contribution is 2.18. The number of nitrogens with one attached hydrogen (secondary N) is 2. The molecule has 5 nitrogen and oxygen atoms in total. The lowest BCUT2D eigenvalue weighted by Crippen LogP contribution is -2.29. The molecule has 1 saturated heterocycles. The Labute approximate surface area is 115 Å². The Balaban J connectivity index is 1.91. The third-order valence-electron chi connectivity index (χ3n) is 3.28. The lowest BCUT2D eigenvalue weighted by atomic mass is 10.2. The van der Waals surface area contributed by atoms with Crippen LogP contribution in [0.5, 0.6) is 0 Å². The molecule has 1 aromatic heterocycles. The third-order valence-corrected chi connectivity index (χ3v) is 3.59. The summed E-state index contributed by atoms with van der Waals surface area (Å²) >= 11 is 5.27. The van der Waals surface area contributed by atoms with Crippen LogP contribution in [-0.4, -0.2) is 26.7 Å². The molecule has 1 aliphatic heterocycles. The summed E-state index contributed by atoms with van der Waals surface area (Å²) in [5, 5.41) is 10.1. The molecular formula is C13H14N4OS. The van der Waals surface area contributed by atoms with Crippen molar-refractivity contribution in [2.24, 2.45) is 0 Å². The SMILES string of the molecule is O=C1CCC(Cn2c(-c3ccccc3)n[nH]c2=S)N1. The van der Waals surface area contributed by atoms with Gasteiger partial charge in [0.2, 0.25) is 5.91 Å². The van der Waals surface area contributed by atoms with E-state index in [9.17, 15) is 4.79 Å². The highest BCUT2D eigenvalue weighted by atomic mass is 32.1. The number of rotatable bonds is 3. The zero-order valence-electron chi connectivity index (χ0n) is 10.3. The minimum absolute atomic E-state index is 0.112. The van der Waals surface area contributed by atoms with Crippen molar-refractivity contribution >= 4 is 18.1 Å². The Morgan fingerprint density at radius 1 is 1.37 bits per heavy atom. The van der Waals surface area contributed by atoms with Crippen LogP contribution in [0.4, 0.5) is 0 Å². The maximum Gasteiger partial charge on any atom is 0.220 e. The predicted molar refractivity (Wildman–Crippen MR) is 74.0 cm³/mol. The van der Waals surface area contributed by atoms with Gasteiger partial charge in [-0.3, -0.25) is 14.5 Å². The fraction of sp³-hybridized carbons (Fsp3) is 0.308. The number of carbonyl (C=O) groups is 1. The first-order valence-electron chi connectivity index (χ1n) is 6.24. The lowest BCUT2D eigenvalue weighted by molar-refractivity contribution is -0.119. The quantitative estimate of drug-likeness (QED) is 0.840. The van der Waals surface area contributed by atoms with Crippen LogP contribution in [0.3, 0.4) is 0 Å². The summed E-state index contributed by atoms with van der Waals surface area (Å²) in [7, 11) is 0. The Bertz CT molecular complexity index is 646. The van der Waals surface area contributed by atoms with Gasteiger partial charge >= 0.3 is 0 Å². The first kappa shape index (κ1) is 12.1. The average Bonchev–Trinajstić information content (AvgIpc) is 2.99. The van der Waals surface area contributed by atoms with Crippen LogP contribution in [0.1, 0.15) is 12.8 Å². The van der Waals surface area contributed by atoms with Gasteiger partial charge < -0.3 is 5.32 Å². The van der Waals surface area contributed by atoms with E-state index < -0.39 is 0 Å². The summed E-state index contributed by atoms with van der Waals surface area (Å²) in [4.78, 5) is 11.3. The molecule has 2 N–H and O–H groups in total. The van der Waals surface area contributed by atoms with Crippen molar-refractivity contribution in [2.75, 3.05) is 0 Å². The third kappa shape index (κ3) is 2.44. The number of aromatic amines is 1. The summed E-state index contributed by atoms with van der Waals surface area (Å²) < 4.78 is 2.53. The lowest BCUT2D eigenvalue weighted by Gasteiger charge is -2.12. The fourth-order valence-electron chi connectivity index (χ4n) is 2.33. The van der Waals surface area contributed by atoms with Gasteiger partial charge in [-0.25, -0.2) is 0 Å². The molecule has 6 heteroatoms. The molecule has 19 heavy (non-hydrogen) atoms. The standard InChI is InChI=1S/C13H14N4OS/c18-11-7-6-10(14-11)8-17-12(15-16-13(17)19)9-4-2-1-3-5-9/h1-5,10H,6-8H2,(H,14,18)(H,16,19). The molecule has 98 valence electrons. The van der Waals surface area contributed by atoms with Gasteiger partial charge in [0, 0.05) is 24.6 Å². The van der Waals surface area contributed by atoms with E-state index in [-0.39, 0.29) is 11.9 Å². The molecule has 2 aromatic rings. The van der Waals surface area contributed by atoms with Gasteiger partial charge in [0.25, 0.3) is 0 Å². The molecule has 1 aromatic carbocycles. The second-order valence-corrected chi connectivity index (χ2v) is 5.02. The molecular weight excluding hydrogens is 260 g/mol. The van der Waals surface area contributed by atoms with Crippen LogP contribution in [0.15, 0.2) is 30.3 Å². The van der Waals surface area contributed by atoms with Crippen LogP contribution in [0.2, 0.25) is 0 Å². The van der Waals surface area contributed by atoms with Gasteiger partial charge in [-0.15, -0.1) is 0 Å². The Morgan fingerprint density at radius 2 is 2.16 bits per heavy atom. The number of hydrogen-bond acceptors (Lipinski definition) is 3. The van der Waals surface area contributed by atoms with Crippen molar-refractivity contribution in [1.82, 2.24) is 20.1 Å². The van der Waals surface area contributed by atoms with Crippen molar-refractivity contribution < 1.29 is 4.79 Å². The van der Waals surface area contributed by atoms with E-state index in [2.05, 4.69) is 15.5 Å². The molecule has 3 rings (SSSR count). The number of carbonyl (C=O) groups excluding carboxylic acids is 1. The van der Waals surface area contributed by atoms with Crippen LogP contribution in [0.25, 0.3) is 11.4 Å². The van der Waals surface area contributed by atoms with Crippen LogP contribution in [-0.2, 0) is 11.3 Å². The van der Waals surface area contributed by atoms with E-state index in [0.717, 1.165) is 17.8 Å². The van der Waals surface area contributed by atoms with Crippen LogP contribution < -0.4 is 5.32 Å². The Kier molecular flexibility index (Phi) is 3.16. The summed E-state index contributed by atoms with van der Waals surface area (Å²) in [5.41, 5.74) is 1.01. The largest absolute Gasteiger partial charge is 0.352 e. The highest BCUT2D eigenvalue weighted by Gasteiger charge is 2.22. The van der Waals surface area contributed by atoms with E-state index in [1.807, 2.05) is 34.9 Å². The summed E-state index contributed by atoms with van der Waals surface area (Å²) in [6.07, 6.45) is 1.44. The molecule has 0 saturated carbocycles. The van der Waals surface area contributed by atoms with Gasteiger partial charge in [-0.2, -0.15) is 5.10 Å². The number of amides is 1. The summed E-state index contributed by atoms with van der Waals surface area (Å²) in [6, 6.07) is 10.0. The van der Waals surface area contributed by atoms with Crippen molar-refractivity contribution in [2.45, 2.75) is 25.4 Å². The molecule has 1 fully saturated rings. The van der Waals surface area contributed by atoms with E-state index in [4.69, 9.17) is 12.2 Å². The summed E-state index contributed by atoms with van der Waals surface area (Å²) in [6.45, 7) is 0.658. The number of aromatic nitrogens is 3. The predicted octanol–water partition coefficient (Wildman–Crippen LogP) is 1.89. The Morgan fingerprint density at radius 3 is 2.84 bits per heavy atom. The van der Waals surface area contributed by atoms with Crippen LogP contribution in [0, 0.1) is 4.77 Å². The second-order valence-electron chi connectivity index (χ2n) is 4.63. The molecule has 0 spiro atoms. The van der Waals surface area contributed by atoms with Crippen molar-refractivity contribution in [3.05, 3.63) is 35.1 Å². The van der Waals surface area contributed by atoms with E-state index in [1.165, 1.54) is 0 Å². The van der Waals surface area contributed by atoms with Crippen molar-refractivity contribution in [1.29, 1.82) is 0 Å². The normalized spacial score (nSPS) is 18.5. The van der Waals surface area contributed by atoms with Gasteiger partial charge in [-0.05, 0) is 18.6 Å². The smallest absolute Gasteiger partial charge is 0.220 e. The van der Waals surface area contributed by atoms with Gasteiger partial charge in [0.1, 0.15) is 0 Å². The number of nitrogens with zero attached hydrogens (tertiary/aromatic N) is 2. The topological polar surface area (TPSA) is 62.7 Å². The van der Waals surface area contributed by atoms with Crippen molar-refractivity contribution in [3.63, 3.8) is 0 Å². The molecule has 1 amide bonds. The monoisotopic (exact) mass is 274 g/mol. The van der Waals surface area contributed by atoms with Gasteiger partial charge in [0.05, 0.1) is 0 Å². The molecule has 2 heterocycles. The van der Waals surface area contributed by atoms with E-state index in [0.29, 0.717) is 17.7 Å². The fourth-order valence-corrected chi connectivity index (χ4v) is 2.54. The number of H-pyrrole nitrogens is 1. The van der Waals surface area contributed by atoms with Crippen molar-refractivity contribution in [3.8, 4) is 11.4 Å². The average molecular weight is 274 g/mol. The van der Waals surface area contributed by atoms with Gasteiger partial charge in [0.15, 0.2) is 10.6 Å².